The summed E-state index contributed by atoms with van der Waals surface area (Å²) < 4.78 is 16.2. The van der Waals surface area contributed by atoms with Crippen molar-refractivity contribution in [1.82, 2.24) is 4.98 Å². The van der Waals surface area contributed by atoms with Crippen molar-refractivity contribution in [3.63, 3.8) is 0 Å². The van der Waals surface area contributed by atoms with E-state index in [0.29, 0.717) is 5.89 Å². The maximum Gasteiger partial charge on any atom is 0.220 e. The fourth-order valence-corrected chi connectivity index (χ4v) is 2.08. The van der Waals surface area contributed by atoms with Crippen molar-refractivity contribution in [1.29, 1.82) is 0 Å². The molecule has 1 heterocycles. The van der Waals surface area contributed by atoms with E-state index in [2.05, 4.69) is 4.98 Å². The Hall–Kier alpha value is -2.75. The highest BCUT2D eigenvalue weighted by atomic mass is 16.5. The van der Waals surface area contributed by atoms with Crippen LogP contribution in [0, 0.1) is 0 Å². The van der Waals surface area contributed by atoms with Crippen LogP contribution in [0.25, 0.3) is 23.3 Å². The fourth-order valence-electron chi connectivity index (χ4n) is 2.08. The fraction of sp³-hybridized carbons (Fsp3) is 0.118. The average Bonchev–Trinajstić information content (AvgIpc) is 2.95. The van der Waals surface area contributed by atoms with Gasteiger partial charge in [0.1, 0.15) is 17.0 Å². The number of aromatic nitrogens is 1. The number of methoxy groups -OCH3 is 2. The second-order valence-electron chi connectivity index (χ2n) is 4.46. The minimum absolute atomic E-state index is 0.564. The van der Waals surface area contributed by atoms with Crippen LogP contribution in [0.3, 0.4) is 0 Å². The molecule has 0 aliphatic heterocycles. The molecule has 0 N–H and O–H groups in total. The van der Waals surface area contributed by atoms with Gasteiger partial charge in [-0.3, -0.25) is 0 Å². The van der Waals surface area contributed by atoms with Crippen LogP contribution >= 0.6 is 0 Å². The number of hydrogen-bond donors (Lipinski definition) is 0. The van der Waals surface area contributed by atoms with Gasteiger partial charge in [0, 0.05) is 17.7 Å². The Balaban J connectivity index is 1.91. The summed E-state index contributed by atoms with van der Waals surface area (Å²) in [5.74, 6) is 2.06. The Morgan fingerprint density at radius 3 is 2.62 bits per heavy atom. The van der Waals surface area contributed by atoms with Gasteiger partial charge in [0.05, 0.1) is 14.2 Å². The Labute approximate surface area is 122 Å². The first-order valence-corrected chi connectivity index (χ1v) is 6.56. The molecule has 0 spiro atoms. The first-order valence-electron chi connectivity index (χ1n) is 6.56. The Morgan fingerprint density at radius 2 is 1.86 bits per heavy atom. The maximum atomic E-state index is 5.64. The largest absolute Gasteiger partial charge is 0.497 e. The molecule has 3 rings (SSSR count). The lowest BCUT2D eigenvalue weighted by Crippen LogP contribution is -1.89. The summed E-state index contributed by atoms with van der Waals surface area (Å²) in [5, 5.41) is 0. The number of hydrogen-bond acceptors (Lipinski definition) is 4. The van der Waals surface area contributed by atoms with E-state index in [4.69, 9.17) is 13.9 Å². The van der Waals surface area contributed by atoms with Gasteiger partial charge < -0.3 is 13.9 Å². The molecule has 0 radical (unpaired) electrons. The second-order valence-corrected chi connectivity index (χ2v) is 4.46. The molecule has 1 aromatic heterocycles. The molecular formula is C17H15NO3. The van der Waals surface area contributed by atoms with Gasteiger partial charge in [-0.2, -0.15) is 0 Å². The predicted octanol–water partition coefficient (Wildman–Crippen LogP) is 4.02. The highest BCUT2D eigenvalue weighted by Crippen LogP contribution is 2.26. The molecule has 2 aromatic carbocycles. The third-order valence-electron chi connectivity index (χ3n) is 3.16. The molecule has 0 saturated carbocycles. The van der Waals surface area contributed by atoms with Crippen molar-refractivity contribution in [2.24, 2.45) is 0 Å². The van der Waals surface area contributed by atoms with E-state index in [-0.39, 0.29) is 0 Å². The molecule has 4 nitrogen and oxygen atoms in total. The van der Waals surface area contributed by atoms with Crippen molar-refractivity contribution in [3.8, 4) is 11.5 Å². The number of benzene rings is 2. The number of nitrogens with zero attached hydrogens (tertiary/aromatic N) is 1. The third-order valence-corrected chi connectivity index (χ3v) is 3.16. The number of ether oxygens (including phenoxy) is 2. The lowest BCUT2D eigenvalue weighted by atomic mass is 10.1. The molecule has 0 fully saturated rings. The average molecular weight is 281 g/mol. The summed E-state index contributed by atoms with van der Waals surface area (Å²) in [6, 6.07) is 13.3. The molecule has 0 bridgehead atoms. The minimum atomic E-state index is 0.564. The van der Waals surface area contributed by atoms with Crippen LogP contribution in [-0.2, 0) is 0 Å². The normalized spacial score (nSPS) is 11.1. The van der Waals surface area contributed by atoms with Crippen LogP contribution in [0.5, 0.6) is 11.5 Å². The lowest BCUT2D eigenvalue weighted by molar-refractivity contribution is 0.394. The topological polar surface area (TPSA) is 44.5 Å². The smallest absolute Gasteiger partial charge is 0.220 e. The van der Waals surface area contributed by atoms with Crippen LogP contribution in [0.4, 0.5) is 0 Å². The van der Waals surface area contributed by atoms with Gasteiger partial charge in [-0.05, 0) is 30.3 Å². The van der Waals surface area contributed by atoms with Gasteiger partial charge in [0.15, 0.2) is 5.58 Å². The van der Waals surface area contributed by atoms with Crippen molar-refractivity contribution >= 4 is 23.3 Å². The van der Waals surface area contributed by atoms with Gasteiger partial charge in [-0.15, -0.1) is 0 Å². The molecule has 0 saturated heterocycles. The Morgan fingerprint density at radius 1 is 1.00 bits per heavy atom. The molecule has 0 amide bonds. The Kier molecular flexibility index (Phi) is 3.60. The van der Waals surface area contributed by atoms with Crippen LogP contribution < -0.4 is 9.47 Å². The third kappa shape index (κ3) is 2.74. The van der Waals surface area contributed by atoms with Crippen LogP contribution in [0.1, 0.15) is 11.5 Å². The molecule has 0 aliphatic rings. The summed E-state index contributed by atoms with van der Waals surface area (Å²) >= 11 is 0. The summed E-state index contributed by atoms with van der Waals surface area (Å²) in [5.41, 5.74) is 2.55. The molecule has 21 heavy (non-hydrogen) atoms. The van der Waals surface area contributed by atoms with Crippen molar-refractivity contribution in [2.75, 3.05) is 14.2 Å². The van der Waals surface area contributed by atoms with Crippen LogP contribution in [-0.4, -0.2) is 19.2 Å². The molecule has 4 heteroatoms. The van der Waals surface area contributed by atoms with E-state index in [1.165, 1.54) is 0 Å². The van der Waals surface area contributed by atoms with Gasteiger partial charge in [-0.25, -0.2) is 4.98 Å². The van der Waals surface area contributed by atoms with E-state index in [1.54, 1.807) is 14.2 Å². The molecule has 0 unspecified atom stereocenters. The van der Waals surface area contributed by atoms with E-state index >= 15 is 0 Å². The van der Waals surface area contributed by atoms with Gasteiger partial charge in [0.25, 0.3) is 0 Å². The second kappa shape index (κ2) is 5.71. The minimum Gasteiger partial charge on any atom is -0.497 e. The lowest BCUT2D eigenvalue weighted by Gasteiger charge is -2.06. The first kappa shape index (κ1) is 13.2. The summed E-state index contributed by atoms with van der Waals surface area (Å²) in [6.45, 7) is 0. The van der Waals surface area contributed by atoms with Crippen molar-refractivity contribution < 1.29 is 13.9 Å². The molecular weight excluding hydrogens is 266 g/mol. The van der Waals surface area contributed by atoms with Crippen LogP contribution in [0.15, 0.2) is 46.9 Å². The zero-order chi connectivity index (χ0) is 14.7. The zero-order valence-electron chi connectivity index (χ0n) is 11.9. The van der Waals surface area contributed by atoms with Crippen LogP contribution in [0.2, 0.25) is 0 Å². The monoisotopic (exact) mass is 281 g/mol. The molecule has 0 aliphatic carbocycles. The van der Waals surface area contributed by atoms with E-state index in [9.17, 15) is 0 Å². The van der Waals surface area contributed by atoms with E-state index in [0.717, 1.165) is 28.2 Å². The SMILES string of the molecule is COc1ccc(/C=C/c2nc3ccccc3o2)c(OC)c1. The Bertz CT molecular complexity index is 757. The van der Waals surface area contributed by atoms with E-state index in [1.807, 2.05) is 54.6 Å². The van der Waals surface area contributed by atoms with Gasteiger partial charge in [0.2, 0.25) is 5.89 Å². The van der Waals surface area contributed by atoms with Crippen molar-refractivity contribution in [2.45, 2.75) is 0 Å². The number of rotatable bonds is 4. The highest BCUT2D eigenvalue weighted by molar-refractivity contribution is 5.76. The standard InChI is InChI=1S/C17H15NO3/c1-19-13-9-7-12(16(11-13)20-2)8-10-17-18-14-5-3-4-6-15(14)21-17/h3-11H,1-2H3/b10-8+. The molecule has 3 aromatic rings. The molecule has 0 atom stereocenters. The predicted molar refractivity (Wildman–Crippen MR) is 82.5 cm³/mol. The number of para-hydroxylation sites is 2. The first-order chi connectivity index (χ1) is 10.3. The summed E-state index contributed by atoms with van der Waals surface area (Å²) in [6.07, 6.45) is 3.73. The highest BCUT2D eigenvalue weighted by Gasteiger charge is 2.04. The summed E-state index contributed by atoms with van der Waals surface area (Å²) in [7, 11) is 3.26. The zero-order valence-corrected chi connectivity index (χ0v) is 11.9. The van der Waals surface area contributed by atoms with E-state index < -0.39 is 0 Å². The summed E-state index contributed by atoms with van der Waals surface area (Å²) in [4.78, 5) is 4.40. The van der Waals surface area contributed by atoms with Crippen molar-refractivity contribution in [3.05, 3.63) is 53.9 Å². The quantitative estimate of drug-likeness (QED) is 0.724. The van der Waals surface area contributed by atoms with Gasteiger partial charge in [-0.1, -0.05) is 12.1 Å². The van der Waals surface area contributed by atoms with Gasteiger partial charge >= 0.3 is 0 Å². The molecule has 106 valence electrons. The number of oxazole rings is 1. The maximum absolute atomic E-state index is 5.64. The number of fused-ring (bicyclic) bond motifs is 1.